The van der Waals surface area contributed by atoms with E-state index in [-0.39, 0.29) is 11.4 Å². The zero-order chi connectivity index (χ0) is 26.6. The summed E-state index contributed by atoms with van der Waals surface area (Å²) in [6.45, 7) is 5.59. The topological polar surface area (TPSA) is 89.0 Å². The number of benzene rings is 3. The lowest BCUT2D eigenvalue weighted by Crippen LogP contribution is -2.50. The highest BCUT2D eigenvalue weighted by atomic mass is 35.5. The summed E-state index contributed by atoms with van der Waals surface area (Å²) in [5.41, 5.74) is 4.14. The third-order valence-electron chi connectivity index (χ3n) is 5.12. The van der Waals surface area contributed by atoms with Gasteiger partial charge in [0.25, 0.3) is 11.8 Å². The van der Waals surface area contributed by atoms with E-state index in [4.69, 9.17) is 32.7 Å². The zero-order valence-electron chi connectivity index (χ0n) is 20.2. The lowest BCUT2D eigenvalue weighted by Gasteiger charge is -2.21. The molecule has 0 fully saturated rings. The van der Waals surface area contributed by atoms with Crippen LogP contribution in [0.2, 0.25) is 10.0 Å². The number of hydrogen-bond acceptors (Lipinski definition) is 5. The van der Waals surface area contributed by atoms with Crippen molar-refractivity contribution >= 4 is 41.2 Å². The number of hydrazone groups is 1. The molecule has 0 heterocycles. The maximum atomic E-state index is 13.0. The van der Waals surface area contributed by atoms with E-state index in [0.29, 0.717) is 23.1 Å². The summed E-state index contributed by atoms with van der Waals surface area (Å²) in [6.07, 6.45) is 2.51. The molecule has 3 aromatic rings. The van der Waals surface area contributed by atoms with Crippen LogP contribution in [0.25, 0.3) is 0 Å². The van der Waals surface area contributed by atoms with Crippen molar-refractivity contribution in [1.29, 1.82) is 0 Å². The Balaban J connectivity index is 1.65. The summed E-state index contributed by atoms with van der Waals surface area (Å²) in [5.74, 6) is 0.0449. The minimum Gasteiger partial charge on any atom is -0.490 e. The van der Waals surface area contributed by atoms with Crippen LogP contribution in [0.4, 0.5) is 0 Å². The predicted octanol–water partition coefficient (Wildman–Crippen LogP) is 5.20. The molecular formula is C28H27Cl2N3O4. The monoisotopic (exact) mass is 539 g/mol. The number of nitrogens with zero attached hydrogens (tertiary/aromatic N) is 1. The van der Waals surface area contributed by atoms with Gasteiger partial charge in [0, 0.05) is 11.4 Å². The number of hydrogen-bond donors (Lipinski definition) is 2. The summed E-state index contributed by atoms with van der Waals surface area (Å²) in [5, 5.41) is 7.52. The van der Waals surface area contributed by atoms with Crippen molar-refractivity contribution in [3.63, 3.8) is 0 Å². The molecule has 0 saturated carbocycles. The molecule has 0 aromatic heterocycles. The molecule has 0 spiro atoms. The highest BCUT2D eigenvalue weighted by molar-refractivity contribution is 6.35. The lowest BCUT2D eigenvalue weighted by atomic mass is 10.1. The molecule has 0 aliphatic rings. The Kier molecular flexibility index (Phi) is 10.6. The first-order valence-corrected chi connectivity index (χ1v) is 12.2. The smallest absolute Gasteiger partial charge is 0.262 e. The fraction of sp³-hybridized carbons (Fsp3) is 0.179. The highest BCUT2D eigenvalue weighted by Crippen LogP contribution is 2.28. The summed E-state index contributed by atoms with van der Waals surface area (Å²) in [6, 6.07) is 20.4. The van der Waals surface area contributed by atoms with Gasteiger partial charge in [0.2, 0.25) is 0 Å². The molecule has 0 radical (unpaired) electrons. The van der Waals surface area contributed by atoms with E-state index in [1.807, 2.05) is 30.3 Å². The van der Waals surface area contributed by atoms with E-state index in [1.54, 1.807) is 49.4 Å². The Morgan fingerprint density at radius 3 is 2.43 bits per heavy atom. The van der Waals surface area contributed by atoms with Gasteiger partial charge in [-0.1, -0.05) is 66.2 Å². The van der Waals surface area contributed by atoms with Gasteiger partial charge in [0.1, 0.15) is 24.1 Å². The molecule has 7 nitrogen and oxygen atoms in total. The Bertz CT molecular complexity index is 1230. The fourth-order valence-corrected chi connectivity index (χ4v) is 3.67. The van der Waals surface area contributed by atoms with Crippen molar-refractivity contribution in [2.45, 2.75) is 25.5 Å². The van der Waals surface area contributed by atoms with Gasteiger partial charge in [-0.05, 0) is 60.5 Å². The molecule has 2 amide bonds. The van der Waals surface area contributed by atoms with Crippen LogP contribution in [0.15, 0.2) is 90.6 Å². The molecule has 192 valence electrons. The zero-order valence-corrected chi connectivity index (χ0v) is 21.7. The van der Waals surface area contributed by atoms with E-state index in [2.05, 4.69) is 22.4 Å². The molecule has 9 heteroatoms. The third-order valence-corrected chi connectivity index (χ3v) is 5.65. The fourth-order valence-electron chi connectivity index (χ4n) is 3.22. The standard InChI is InChI=1S/C28H27Cl2N3O4/c1-3-15-36-23-12-9-21(10-13-23)18-31-33-28(35)25(16-20-7-5-4-6-8-20)32-27(34)19(2)37-26-14-11-22(29)17-24(26)30/h3-14,17-19,25H,1,15-16H2,2H3,(H,32,34)(H,33,35)/b31-18-/t19-,25-/m0/s1. The normalized spacial score (nSPS) is 12.4. The Morgan fingerprint density at radius 2 is 1.76 bits per heavy atom. The second-order valence-electron chi connectivity index (χ2n) is 7.99. The third kappa shape index (κ3) is 8.97. The molecule has 0 unspecified atom stereocenters. The Morgan fingerprint density at radius 1 is 1.03 bits per heavy atom. The van der Waals surface area contributed by atoms with Crippen molar-refractivity contribution in [2.24, 2.45) is 5.10 Å². The quantitative estimate of drug-likeness (QED) is 0.188. The van der Waals surface area contributed by atoms with Gasteiger partial charge in [-0.25, -0.2) is 5.43 Å². The van der Waals surface area contributed by atoms with Gasteiger partial charge in [-0.2, -0.15) is 5.10 Å². The van der Waals surface area contributed by atoms with Gasteiger partial charge in [-0.3, -0.25) is 9.59 Å². The van der Waals surface area contributed by atoms with Crippen LogP contribution in [-0.4, -0.2) is 36.8 Å². The number of amides is 2. The highest BCUT2D eigenvalue weighted by Gasteiger charge is 2.25. The lowest BCUT2D eigenvalue weighted by molar-refractivity contribution is -0.132. The molecule has 0 aliphatic heterocycles. The van der Waals surface area contributed by atoms with Crippen LogP contribution < -0.4 is 20.2 Å². The first kappa shape index (κ1) is 27.8. The van der Waals surface area contributed by atoms with Gasteiger partial charge in [0.15, 0.2) is 6.10 Å². The average molecular weight is 540 g/mol. The molecule has 37 heavy (non-hydrogen) atoms. The van der Waals surface area contributed by atoms with Crippen molar-refractivity contribution in [3.8, 4) is 11.5 Å². The van der Waals surface area contributed by atoms with Crippen LogP contribution in [0.5, 0.6) is 11.5 Å². The summed E-state index contributed by atoms with van der Waals surface area (Å²) >= 11 is 12.1. The second-order valence-corrected chi connectivity index (χ2v) is 8.83. The molecular weight excluding hydrogens is 513 g/mol. The maximum absolute atomic E-state index is 13.0. The molecule has 2 atom stereocenters. The van der Waals surface area contributed by atoms with Crippen molar-refractivity contribution in [2.75, 3.05) is 6.61 Å². The summed E-state index contributed by atoms with van der Waals surface area (Å²) in [4.78, 5) is 25.9. The largest absolute Gasteiger partial charge is 0.490 e. The molecule has 0 aliphatic carbocycles. The van der Waals surface area contributed by atoms with Crippen LogP contribution in [0, 0.1) is 0 Å². The van der Waals surface area contributed by atoms with Crippen LogP contribution in [-0.2, 0) is 16.0 Å². The summed E-state index contributed by atoms with van der Waals surface area (Å²) in [7, 11) is 0. The molecule has 2 N–H and O–H groups in total. The van der Waals surface area contributed by atoms with Gasteiger partial charge < -0.3 is 14.8 Å². The second kappa shape index (κ2) is 14.1. The number of ether oxygens (including phenoxy) is 2. The van der Waals surface area contributed by atoms with E-state index in [9.17, 15) is 9.59 Å². The van der Waals surface area contributed by atoms with Crippen LogP contribution in [0.1, 0.15) is 18.1 Å². The van der Waals surface area contributed by atoms with Gasteiger partial charge in [-0.15, -0.1) is 0 Å². The average Bonchev–Trinajstić information content (AvgIpc) is 2.89. The summed E-state index contributed by atoms with van der Waals surface area (Å²) < 4.78 is 11.1. The van der Waals surface area contributed by atoms with Crippen molar-refractivity contribution in [3.05, 3.63) is 107 Å². The molecule has 0 bridgehead atoms. The minimum absolute atomic E-state index is 0.262. The van der Waals surface area contributed by atoms with Crippen LogP contribution >= 0.6 is 23.2 Å². The Labute approximate surface area is 226 Å². The molecule has 3 aromatic carbocycles. The van der Waals surface area contributed by atoms with E-state index in [0.717, 1.165) is 11.1 Å². The minimum atomic E-state index is -0.921. The van der Waals surface area contributed by atoms with E-state index >= 15 is 0 Å². The SMILES string of the molecule is C=CCOc1ccc(/C=N\NC(=O)[C@H](Cc2ccccc2)NC(=O)[C@H](C)Oc2ccc(Cl)cc2Cl)cc1. The van der Waals surface area contributed by atoms with E-state index in [1.165, 1.54) is 12.3 Å². The van der Waals surface area contributed by atoms with E-state index < -0.39 is 24.0 Å². The van der Waals surface area contributed by atoms with Crippen molar-refractivity contribution < 1.29 is 19.1 Å². The number of carbonyl (C=O) groups excluding carboxylic acids is 2. The first-order valence-electron chi connectivity index (χ1n) is 11.5. The predicted molar refractivity (Wildman–Crippen MR) is 146 cm³/mol. The molecule has 3 rings (SSSR count). The van der Waals surface area contributed by atoms with Crippen molar-refractivity contribution in [1.82, 2.24) is 10.7 Å². The van der Waals surface area contributed by atoms with Gasteiger partial charge in [0.05, 0.1) is 11.2 Å². The number of nitrogens with one attached hydrogen (secondary N) is 2. The number of halogens is 2. The van der Waals surface area contributed by atoms with Crippen LogP contribution in [0.3, 0.4) is 0 Å². The Hall–Kier alpha value is -3.81. The number of carbonyl (C=O) groups is 2. The van der Waals surface area contributed by atoms with Gasteiger partial charge >= 0.3 is 0 Å². The maximum Gasteiger partial charge on any atom is 0.262 e. The first-order chi connectivity index (χ1) is 17.9. The number of rotatable bonds is 12. The molecule has 0 saturated heterocycles.